The van der Waals surface area contributed by atoms with E-state index in [0.717, 1.165) is 5.56 Å². The second-order valence-corrected chi connectivity index (χ2v) is 3.70. The van der Waals surface area contributed by atoms with Gasteiger partial charge in [0.1, 0.15) is 6.61 Å². The monoisotopic (exact) mass is 242 g/mol. The quantitative estimate of drug-likeness (QED) is 0.892. The molecular formula is C14H14N2O2. The van der Waals surface area contributed by atoms with Gasteiger partial charge in [0, 0.05) is 13.2 Å². The largest absolute Gasteiger partial charge is 0.486 e. The topological polar surface area (TPSA) is 51.2 Å². The van der Waals surface area contributed by atoms with Gasteiger partial charge in [-0.05, 0) is 17.7 Å². The molecular weight excluding hydrogens is 228 g/mol. The van der Waals surface area contributed by atoms with E-state index in [9.17, 15) is 4.79 Å². The Morgan fingerprint density at radius 3 is 2.72 bits per heavy atom. The Labute approximate surface area is 106 Å². The predicted molar refractivity (Wildman–Crippen MR) is 68.4 cm³/mol. The van der Waals surface area contributed by atoms with Crippen molar-refractivity contribution in [2.75, 3.05) is 7.05 Å². The number of nitrogens with zero attached hydrogens (tertiary/aromatic N) is 1. The van der Waals surface area contributed by atoms with Gasteiger partial charge in [0.2, 0.25) is 0 Å². The van der Waals surface area contributed by atoms with Crippen molar-refractivity contribution in [2.24, 2.45) is 0 Å². The number of pyridine rings is 1. The maximum Gasteiger partial charge on any atom is 0.273 e. The summed E-state index contributed by atoms with van der Waals surface area (Å²) in [7, 11) is 1.57. The van der Waals surface area contributed by atoms with E-state index in [2.05, 4.69) is 10.3 Å². The lowest BCUT2D eigenvalue weighted by atomic mass is 10.2. The minimum atomic E-state index is -0.251. The Kier molecular flexibility index (Phi) is 3.91. The van der Waals surface area contributed by atoms with Crippen molar-refractivity contribution >= 4 is 5.91 Å². The van der Waals surface area contributed by atoms with Crippen molar-refractivity contribution in [3.05, 3.63) is 59.9 Å². The fourth-order valence-electron chi connectivity index (χ4n) is 1.53. The molecule has 0 radical (unpaired) electrons. The highest BCUT2D eigenvalue weighted by molar-refractivity contribution is 5.94. The summed E-state index contributed by atoms with van der Waals surface area (Å²) in [4.78, 5) is 15.6. The average molecular weight is 242 g/mol. The number of amides is 1. The molecule has 2 aromatic rings. The molecule has 1 N–H and O–H groups in total. The number of hydrogen-bond donors (Lipinski definition) is 1. The lowest BCUT2D eigenvalue weighted by Gasteiger charge is -2.09. The first-order valence-electron chi connectivity index (χ1n) is 5.65. The Balaban J connectivity index is 2.12. The summed E-state index contributed by atoms with van der Waals surface area (Å²) in [6.07, 6.45) is 1.57. The maximum absolute atomic E-state index is 11.6. The van der Waals surface area contributed by atoms with Crippen LogP contribution in [0.4, 0.5) is 0 Å². The minimum Gasteiger partial charge on any atom is -0.486 e. The van der Waals surface area contributed by atoms with Crippen molar-refractivity contribution in [2.45, 2.75) is 6.61 Å². The van der Waals surface area contributed by atoms with Gasteiger partial charge in [0.15, 0.2) is 11.4 Å². The molecule has 4 nitrogen and oxygen atoms in total. The number of rotatable bonds is 4. The molecule has 0 saturated carbocycles. The summed E-state index contributed by atoms with van der Waals surface area (Å²) in [5.41, 5.74) is 1.35. The van der Waals surface area contributed by atoms with E-state index in [1.807, 2.05) is 30.3 Å². The highest BCUT2D eigenvalue weighted by atomic mass is 16.5. The van der Waals surface area contributed by atoms with Crippen LogP contribution in [-0.2, 0) is 6.61 Å². The van der Waals surface area contributed by atoms with Crippen LogP contribution in [0.1, 0.15) is 16.1 Å². The molecule has 0 unspecified atom stereocenters. The number of hydrogen-bond acceptors (Lipinski definition) is 3. The smallest absolute Gasteiger partial charge is 0.273 e. The predicted octanol–water partition coefficient (Wildman–Crippen LogP) is 2.02. The van der Waals surface area contributed by atoms with E-state index in [1.165, 1.54) is 0 Å². The second-order valence-electron chi connectivity index (χ2n) is 3.70. The zero-order valence-electron chi connectivity index (χ0n) is 10.1. The lowest BCUT2D eigenvalue weighted by Crippen LogP contribution is -2.20. The molecule has 1 aromatic carbocycles. The van der Waals surface area contributed by atoms with Crippen LogP contribution in [0.5, 0.6) is 5.75 Å². The Hall–Kier alpha value is -2.36. The van der Waals surface area contributed by atoms with Crippen LogP contribution in [-0.4, -0.2) is 17.9 Å². The van der Waals surface area contributed by atoms with Gasteiger partial charge in [-0.25, -0.2) is 4.98 Å². The first kappa shape index (κ1) is 12.1. The molecule has 0 aliphatic rings. The average Bonchev–Trinajstić information content (AvgIpc) is 2.45. The van der Waals surface area contributed by atoms with E-state index in [1.54, 1.807) is 25.4 Å². The van der Waals surface area contributed by atoms with Crippen molar-refractivity contribution in [3.63, 3.8) is 0 Å². The molecule has 1 amide bonds. The highest BCUT2D eigenvalue weighted by Gasteiger charge is 2.11. The van der Waals surface area contributed by atoms with Gasteiger partial charge in [-0.1, -0.05) is 30.3 Å². The summed E-state index contributed by atoms with van der Waals surface area (Å²) in [6, 6.07) is 13.3. The Bertz CT molecular complexity index is 526. The third kappa shape index (κ3) is 2.85. The molecule has 0 bridgehead atoms. The normalized spacial score (nSPS) is 9.83. The maximum atomic E-state index is 11.6. The lowest BCUT2D eigenvalue weighted by molar-refractivity contribution is 0.0953. The van der Waals surface area contributed by atoms with Gasteiger partial charge in [-0.2, -0.15) is 0 Å². The van der Waals surface area contributed by atoms with Gasteiger partial charge in [-0.3, -0.25) is 4.79 Å². The number of aromatic nitrogens is 1. The highest BCUT2D eigenvalue weighted by Crippen LogP contribution is 2.16. The third-order valence-electron chi connectivity index (χ3n) is 2.45. The summed E-state index contributed by atoms with van der Waals surface area (Å²) < 4.78 is 5.62. The summed E-state index contributed by atoms with van der Waals surface area (Å²) in [5.74, 6) is 0.236. The van der Waals surface area contributed by atoms with Crippen LogP contribution in [0, 0.1) is 0 Å². The van der Waals surface area contributed by atoms with Crippen molar-refractivity contribution in [1.82, 2.24) is 10.3 Å². The standard InChI is InChI=1S/C14H14N2O2/c1-15-14(17)13-12(8-5-9-16-13)18-10-11-6-3-2-4-7-11/h2-9H,10H2,1H3,(H,15,17). The van der Waals surface area contributed by atoms with Crippen LogP contribution < -0.4 is 10.1 Å². The second kappa shape index (κ2) is 5.82. The Morgan fingerprint density at radius 1 is 1.22 bits per heavy atom. The van der Waals surface area contributed by atoms with Crippen LogP contribution in [0.25, 0.3) is 0 Å². The first-order valence-corrected chi connectivity index (χ1v) is 5.65. The molecule has 4 heteroatoms. The number of ether oxygens (including phenoxy) is 1. The molecule has 0 fully saturated rings. The van der Waals surface area contributed by atoms with Gasteiger partial charge >= 0.3 is 0 Å². The van der Waals surface area contributed by atoms with Gasteiger partial charge in [0.05, 0.1) is 0 Å². The number of benzene rings is 1. The summed E-state index contributed by atoms with van der Waals surface area (Å²) in [5, 5.41) is 2.54. The molecule has 0 spiro atoms. The van der Waals surface area contributed by atoms with E-state index >= 15 is 0 Å². The molecule has 0 aliphatic heterocycles. The Morgan fingerprint density at radius 2 is 2.00 bits per heavy atom. The molecule has 92 valence electrons. The molecule has 2 rings (SSSR count). The fraction of sp³-hybridized carbons (Fsp3) is 0.143. The summed E-state index contributed by atoms with van der Waals surface area (Å²) >= 11 is 0. The van der Waals surface area contributed by atoms with Crippen molar-refractivity contribution in [3.8, 4) is 5.75 Å². The minimum absolute atomic E-state index is 0.251. The molecule has 0 aliphatic carbocycles. The third-order valence-corrected chi connectivity index (χ3v) is 2.45. The van der Waals surface area contributed by atoms with E-state index < -0.39 is 0 Å². The number of nitrogens with one attached hydrogen (secondary N) is 1. The van der Waals surface area contributed by atoms with Crippen molar-refractivity contribution in [1.29, 1.82) is 0 Å². The molecule has 0 atom stereocenters. The van der Waals surface area contributed by atoms with Crippen molar-refractivity contribution < 1.29 is 9.53 Å². The number of carbonyl (C=O) groups is 1. The molecule has 18 heavy (non-hydrogen) atoms. The van der Waals surface area contributed by atoms with Gasteiger partial charge in [-0.15, -0.1) is 0 Å². The molecule has 1 aromatic heterocycles. The van der Waals surface area contributed by atoms with E-state index in [4.69, 9.17) is 4.74 Å². The van der Waals surface area contributed by atoms with Gasteiger partial charge < -0.3 is 10.1 Å². The molecule has 1 heterocycles. The van der Waals surface area contributed by atoms with Gasteiger partial charge in [0.25, 0.3) is 5.91 Å². The van der Waals surface area contributed by atoms with Crippen LogP contribution in [0.2, 0.25) is 0 Å². The van der Waals surface area contributed by atoms with Crippen LogP contribution >= 0.6 is 0 Å². The van der Waals surface area contributed by atoms with E-state index in [0.29, 0.717) is 18.1 Å². The zero-order valence-corrected chi connectivity index (χ0v) is 10.1. The zero-order chi connectivity index (χ0) is 12.8. The SMILES string of the molecule is CNC(=O)c1ncccc1OCc1ccccc1. The molecule has 0 saturated heterocycles. The summed E-state index contributed by atoms with van der Waals surface area (Å²) in [6.45, 7) is 0.413. The van der Waals surface area contributed by atoms with Crippen LogP contribution in [0.3, 0.4) is 0 Å². The van der Waals surface area contributed by atoms with Crippen LogP contribution in [0.15, 0.2) is 48.7 Å². The number of carbonyl (C=O) groups excluding carboxylic acids is 1. The fourth-order valence-corrected chi connectivity index (χ4v) is 1.53. The first-order chi connectivity index (χ1) is 8.81. The van der Waals surface area contributed by atoms with E-state index in [-0.39, 0.29) is 5.91 Å².